The Morgan fingerprint density at radius 2 is 2.19 bits per heavy atom. The SMILES string of the molecule is COc1cc(-c2nnc(CC(C)CC(=O)O)o2)ccc1C. The summed E-state index contributed by atoms with van der Waals surface area (Å²) in [5, 5.41) is 16.7. The van der Waals surface area contributed by atoms with Crippen LogP contribution in [-0.4, -0.2) is 28.4 Å². The van der Waals surface area contributed by atoms with E-state index >= 15 is 0 Å². The first kappa shape index (κ1) is 15.0. The van der Waals surface area contributed by atoms with Gasteiger partial charge < -0.3 is 14.3 Å². The number of rotatable bonds is 6. The number of aryl methyl sites for hydroxylation is 1. The van der Waals surface area contributed by atoms with Crippen molar-refractivity contribution in [1.29, 1.82) is 0 Å². The van der Waals surface area contributed by atoms with E-state index < -0.39 is 5.97 Å². The standard InChI is InChI=1S/C15H18N2O4/c1-9(7-14(18)19)6-13-16-17-15(21-13)11-5-4-10(2)12(8-11)20-3/h4-5,8-9H,6-7H2,1-3H3,(H,18,19). The molecule has 0 fully saturated rings. The van der Waals surface area contributed by atoms with E-state index in [0.717, 1.165) is 16.9 Å². The summed E-state index contributed by atoms with van der Waals surface area (Å²) < 4.78 is 10.9. The highest BCUT2D eigenvalue weighted by molar-refractivity contribution is 5.67. The first-order valence-electron chi connectivity index (χ1n) is 6.68. The van der Waals surface area contributed by atoms with Gasteiger partial charge >= 0.3 is 5.97 Å². The minimum absolute atomic E-state index is 0.0525. The maximum atomic E-state index is 10.6. The van der Waals surface area contributed by atoms with Crippen LogP contribution in [0.1, 0.15) is 24.8 Å². The number of hydrogen-bond donors (Lipinski definition) is 1. The van der Waals surface area contributed by atoms with E-state index in [9.17, 15) is 4.79 Å². The molecule has 0 radical (unpaired) electrons. The molecule has 0 amide bonds. The Morgan fingerprint density at radius 3 is 2.86 bits per heavy atom. The lowest BCUT2D eigenvalue weighted by Crippen LogP contribution is -2.07. The predicted octanol–water partition coefficient (Wildman–Crippen LogP) is 2.71. The molecule has 0 spiro atoms. The summed E-state index contributed by atoms with van der Waals surface area (Å²) in [6.45, 7) is 3.79. The molecule has 1 aromatic carbocycles. The Morgan fingerprint density at radius 1 is 1.43 bits per heavy atom. The Hall–Kier alpha value is -2.37. The third kappa shape index (κ3) is 3.81. The van der Waals surface area contributed by atoms with Crippen molar-refractivity contribution in [2.75, 3.05) is 7.11 Å². The molecule has 0 bridgehead atoms. The Kier molecular flexibility index (Phi) is 4.57. The van der Waals surface area contributed by atoms with Gasteiger partial charge in [-0.05, 0) is 30.5 Å². The second-order valence-electron chi connectivity index (χ2n) is 5.09. The third-order valence-corrected chi connectivity index (χ3v) is 3.17. The van der Waals surface area contributed by atoms with E-state index in [1.54, 1.807) is 7.11 Å². The van der Waals surface area contributed by atoms with Gasteiger partial charge in [-0.15, -0.1) is 10.2 Å². The van der Waals surface area contributed by atoms with Gasteiger partial charge in [-0.25, -0.2) is 0 Å². The number of carboxylic acid groups (broad SMARTS) is 1. The molecule has 6 heteroatoms. The van der Waals surface area contributed by atoms with E-state index in [0.29, 0.717) is 18.2 Å². The van der Waals surface area contributed by atoms with Crippen molar-refractivity contribution in [1.82, 2.24) is 10.2 Å². The van der Waals surface area contributed by atoms with Gasteiger partial charge in [-0.2, -0.15) is 0 Å². The number of nitrogens with zero attached hydrogens (tertiary/aromatic N) is 2. The number of aromatic nitrogens is 2. The van der Waals surface area contributed by atoms with Crippen LogP contribution in [0.5, 0.6) is 5.75 Å². The zero-order chi connectivity index (χ0) is 15.4. The number of ether oxygens (including phenoxy) is 1. The van der Waals surface area contributed by atoms with Crippen LogP contribution in [-0.2, 0) is 11.2 Å². The minimum atomic E-state index is -0.828. The molecule has 1 aromatic heterocycles. The molecule has 1 atom stereocenters. The summed E-state index contributed by atoms with van der Waals surface area (Å²) in [4.78, 5) is 10.6. The van der Waals surface area contributed by atoms with E-state index in [4.69, 9.17) is 14.3 Å². The largest absolute Gasteiger partial charge is 0.496 e. The predicted molar refractivity (Wildman–Crippen MR) is 76.1 cm³/mol. The van der Waals surface area contributed by atoms with Crippen LogP contribution in [0.2, 0.25) is 0 Å². The first-order chi connectivity index (χ1) is 9.99. The molecule has 0 saturated carbocycles. The fourth-order valence-corrected chi connectivity index (χ4v) is 2.07. The molecular formula is C15H18N2O4. The fraction of sp³-hybridized carbons (Fsp3) is 0.400. The Bertz CT molecular complexity index is 636. The topological polar surface area (TPSA) is 85.5 Å². The average molecular weight is 290 g/mol. The van der Waals surface area contributed by atoms with Gasteiger partial charge in [0.05, 0.1) is 7.11 Å². The van der Waals surface area contributed by atoms with Crippen molar-refractivity contribution < 1.29 is 19.1 Å². The molecule has 6 nitrogen and oxygen atoms in total. The van der Waals surface area contributed by atoms with Gasteiger partial charge in [0.2, 0.25) is 11.8 Å². The summed E-state index contributed by atoms with van der Waals surface area (Å²) in [5.74, 6) is 0.726. The molecule has 0 saturated heterocycles. The van der Waals surface area contributed by atoms with Gasteiger partial charge in [-0.1, -0.05) is 13.0 Å². The summed E-state index contributed by atoms with van der Waals surface area (Å²) in [6.07, 6.45) is 0.526. The average Bonchev–Trinajstić information content (AvgIpc) is 2.86. The van der Waals surface area contributed by atoms with Crippen LogP contribution < -0.4 is 4.74 Å². The summed E-state index contributed by atoms with van der Waals surface area (Å²) >= 11 is 0. The first-order valence-corrected chi connectivity index (χ1v) is 6.68. The van der Waals surface area contributed by atoms with E-state index in [-0.39, 0.29) is 12.3 Å². The molecule has 21 heavy (non-hydrogen) atoms. The molecule has 1 N–H and O–H groups in total. The number of hydrogen-bond acceptors (Lipinski definition) is 5. The zero-order valence-corrected chi connectivity index (χ0v) is 12.3. The van der Waals surface area contributed by atoms with Crippen LogP contribution in [0.4, 0.5) is 0 Å². The normalized spacial score (nSPS) is 12.1. The van der Waals surface area contributed by atoms with Crippen molar-refractivity contribution in [2.45, 2.75) is 26.7 Å². The van der Waals surface area contributed by atoms with Gasteiger partial charge in [0.15, 0.2) is 0 Å². The summed E-state index contributed by atoms with van der Waals surface area (Å²) in [5.41, 5.74) is 1.80. The molecule has 2 aromatic rings. The molecule has 0 aliphatic rings. The second-order valence-corrected chi connectivity index (χ2v) is 5.09. The molecule has 2 rings (SSSR count). The van der Waals surface area contributed by atoms with Crippen molar-refractivity contribution in [2.24, 2.45) is 5.92 Å². The Labute approximate surface area is 122 Å². The highest BCUT2D eigenvalue weighted by Crippen LogP contribution is 2.26. The molecule has 0 aliphatic heterocycles. The highest BCUT2D eigenvalue weighted by Gasteiger charge is 2.15. The number of methoxy groups -OCH3 is 1. The van der Waals surface area contributed by atoms with Crippen molar-refractivity contribution >= 4 is 5.97 Å². The van der Waals surface area contributed by atoms with Crippen molar-refractivity contribution in [3.05, 3.63) is 29.7 Å². The second kappa shape index (κ2) is 6.39. The Balaban J connectivity index is 2.14. The highest BCUT2D eigenvalue weighted by atomic mass is 16.5. The van der Waals surface area contributed by atoms with Crippen LogP contribution >= 0.6 is 0 Å². The molecule has 0 aliphatic carbocycles. The fourth-order valence-electron chi connectivity index (χ4n) is 2.07. The lowest BCUT2D eigenvalue weighted by atomic mass is 10.0. The number of carbonyl (C=O) groups is 1. The van der Waals surface area contributed by atoms with Gasteiger partial charge in [-0.3, -0.25) is 4.79 Å². The van der Waals surface area contributed by atoms with Gasteiger partial charge in [0.25, 0.3) is 0 Å². The number of aliphatic carboxylic acids is 1. The third-order valence-electron chi connectivity index (χ3n) is 3.17. The van der Waals surface area contributed by atoms with Crippen LogP contribution in [0, 0.1) is 12.8 Å². The monoisotopic (exact) mass is 290 g/mol. The minimum Gasteiger partial charge on any atom is -0.496 e. The maximum absolute atomic E-state index is 10.6. The smallest absolute Gasteiger partial charge is 0.303 e. The van der Waals surface area contributed by atoms with E-state index in [1.807, 2.05) is 32.0 Å². The van der Waals surface area contributed by atoms with Crippen LogP contribution in [0.25, 0.3) is 11.5 Å². The lowest BCUT2D eigenvalue weighted by molar-refractivity contribution is -0.137. The van der Waals surface area contributed by atoms with E-state index in [2.05, 4.69) is 10.2 Å². The summed E-state index contributed by atoms with van der Waals surface area (Å²) in [7, 11) is 1.61. The van der Waals surface area contributed by atoms with E-state index in [1.165, 1.54) is 0 Å². The van der Waals surface area contributed by atoms with Crippen LogP contribution in [0.3, 0.4) is 0 Å². The maximum Gasteiger partial charge on any atom is 0.303 e. The molecule has 1 heterocycles. The lowest BCUT2D eigenvalue weighted by Gasteiger charge is -2.05. The molecule has 112 valence electrons. The van der Waals surface area contributed by atoms with Gasteiger partial charge in [0, 0.05) is 18.4 Å². The van der Waals surface area contributed by atoms with Crippen molar-refractivity contribution in [3.63, 3.8) is 0 Å². The zero-order valence-electron chi connectivity index (χ0n) is 12.3. The van der Waals surface area contributed by atoms with Crippen molar-refractivity contribution in [3.8, 4) is 17.2 Å². The molecule has 1 unspecified atom stereocenters. The molecular weight excluding hydrogens is 272 g/mol. The van der Waals surface area contributed by atoms with Crippen LogP contribution in [0.15, 0.2) is 22.6 Å². The quantitative estimate of drug-likeness (QED) is 0.880. The number of carboxylic acids is 1. The van der Waals surface area contributed by atoms with Gasteiger partial charge in [0.1, 0.15) is 5.75 Å². The summed E-state index contributed by atoms with van der Waals surface area (Å²) in [6, 6.07) is 5.65. The number of benzene rings is 1.